The average molecular weight is 587 g/mol. The van der Waals surface area contributed by atoms with E-state index in [0.717, 1.165) is 5.56 Å². The zero-order valence-corrected chi connectivity index (χ0v) is 25.5. The Bertz CT molecular complexity index is 1200. The number of benzene rings is 1. The summed E-state index contributed by atoms with van der Waals surface area (Å²) in [6.45, 7) is 17.2. The van der Waals surface area contributed by atoms with Crippen LogP contribution < -0.4 is 4.90 Å². The van der Waals surface area contributed by atoms with Gasteiger partial charge in [0.25, 0.3) is 5.91 Å². The molecule has 0 aromatic heterocycles. The molecule has 0 aliphatic carbocycles. The molecule has 1 N–H and O–H groups in total. The van der Waals surface area contributed by atoms with Gasteiger partial charge in [-0.1, -0.05) is 56.7 Å². The van der Waals surface area contributed by atoms with Crippen LogP contribution in [0.1, 0.15) is 52.5 Å². The van der Waals surface area contributed by atoms with E-state index in [1.54, 1.807) is 23.1 Å². The monoisotopic (exact) mass is 586 g/mol. The SMILES string of the molecule is C=CCCOC(=O)[C@H]1[C@H]2C(=O)N([C@@H](CO)CC(C)C)C(C(=O)N(CC=C)c3c(C)cccc3Cl)C23CC(C)[C@]1(C)O3. The Morgan fingerprint density at radius 1 is 1.32 bits per heavy atom. The number of carbonyl (C=O) groups excluding carboxylic acids is 3. The van der Waals surface area contributed by atoms with E-state index in [1.165, 1.54) is 4.90 Å². The summed E-state index contributed by atoms with van der Waals surface area (Å²) in [5, 5.41) is 10.9. The number of para-hydroxylation sites is 1. The van der Waals surface area contributed by atoms with E-state index in [0.29, 0.717) is 30.0 Å². The number of carbonyl (C=O) groups is 3. The lowest BCUT2D eigenvalue weighted by atomic mass is 9.62. The lowest BCUT2D eigenvalue weighted by Crippen LogP contribution is -2.59. The predicted octanol–water partition coefficient (Wildman–Crippen LogP) is 4.70. The van der Waals surface area contributed by atoms with Gasteiger partial charge in [-0.05, 0) is 56.6 Å². The fourth-order valence-electron chi connectivity index (χ4n) is 7.39. The predicted molar refractivity (Wildman–Crippen MR) is 158 cm³/mol. The molecule has 3 unspecified atom stereocenters. The van der Waals surface area contributed by atoms with Crippen molar-refractivity contribution in [2.24, 2.45) is 23.7 Å². The zero-order valence-electron chi connectivity index (χ0n) is 24.8. The number of esters is 1. The molecule has 1 aromatic rings. The van der Waals surface area contributed by atoms with Crippen molar-refractivity contribution < 1.29 is 29.0 Å². The number of aliphatic hydroxyl groups excluding tert-OH is 1. The highest BCUT2D eigenvalue weighted by atomic mass is 35.5. The Hall–Kier alpha value is -2.68. The quantitative estimate of drug-likeness (QED) is 0.217. The maximum absolute atomic E-state index is 14.9. The molecular weight excluding hydrogens is 544 g/mol. The van der Waals surface area contributed by atoms with Crippen LogP contribution in [0.15, 0.2) is 43.5 Å². The van der Waals surface area contributed by atoms with Gasteiger partial charge in [-0.15, -0.1) is 13.2 Å². The van der Waals surface area contributed by atoms with Gasteiger partial charge in [0.05, 0.1) is 41.5 Å². The first-order valence-electron chi connectivity index (χ1n) is 14.5. The van der Waals surface area contributed by atoms with Crippen LogP contribution >= 0.6 is 11.6 Å². The van der Waals surface area contributed by atoms with Crippen molar-refractivity contribution in [1.82, 2.24) is 4.90 Å². The maximum Gasteiger partial charge on any atom is 0.312 e. The first-order valence-corrected chi connectivity index (χ1v) is 14.8. The number of ether oxygens (including phenoxy) is 2. The molecule has 9 heteroatoms. The van der Waals surface area contributed by atoms with Crippen LogP contribution in [-0.4, -0.2) is 70.8 Å². The Morgan fingerprint density at radius 2 is 2.02 bits per heavy atom. The average Bonchev–Trinajstić information content (AvgIpc) is 3.42. The van der Waals surface area contributed by atoms with E-state index in [9.17, 15) is 19.5 Å². The first kappa shape index (κ1) is 31.3. The first-order chi connectivity index (χ1) is 19.4. The Kier molecular flexibility index (Phi) is 9.07. The third-order valence-corrected chi connectivity index (χ3v) is 9.50. The van der Waals surface area contributed by atoms with Gasteiger partial charge in [0.1, 0.15) is 17.6 Å². The molecule has 4 rings (SSSR count). The van der Waals surface area contributed by atoms with Gasteiger partial charge in [0.15, 0.2) is 0 Å². The van der Waals surface area contributed by atoms with Crippen LogP contribution in [0.2, 0.25) is 5.02 Å². The number of aliphatic hydroxyl groups is 1. The maximum atomic E-state index is 14.9. The molecule has 1 aromatic carbocycles. The molecule has 2 bridgehead atoms. The number of rotatable bonds is 12. The molecule has 3 saturated heterocycles. The van der Waals surface area contributed by atoms with Crippen molar-refractivity contribution in [2.75, 3.05) is 24.7 Å². The van der Waals surface area contributed by atoms with Gasteiger partial charge in [0.2, 0.25) is 5.91 Å². The largest absolute Gasteiger partial charge is 0.465 e. The number of fused-ring (bicyclic) bond motifs is 1. The number of anilines is 1. The standard InChI is InChI=1S/C32H43ClN2O6/c1-8-10-15-40-30(39)25-24-28(37)35(22(18-36)16-19(3)4)27(32(24)17-21(6)31(25,7)41-32)29(38)34(14-9-2)26-20(5)12-11-13-23(26)33/h8-9,11-13,19,21-22,24-25,27,36H,1-2,10,14-18H2,3-7H3/t21?,22-,24+,25-,27?,31+,32?/m1/s1. The molecule has 2 amide bonds. The number of amides is 2. The van der Waals surface area contributed by atoms with Gasteiger partial charge in [-0.3, -0.25) is 14.4 Å². The van der Waals surface area contributed by atoms with E-state index >= 15 is 0 Å². The van der Waals surface area contributed by atoms with Crippen molar-refractivity contribution >= 4 is 35.1 Å². The summed E-state index contributed by atoms with van der Waals surface area (Å²) in [5.41, 5.74) is -0.947. The number of halogens is 1. The lowest BCUT2D eigenvalue weighted by molar-refractivity contribution is -0.162. The highest BCUT2D eigenvalue weighted by Crippen LogP contribution is 2.66. The molecule has 0 saturated carbocycles. The summed E-state index contributed by atoms with van der Waals surface area (Å²) in [5.74, 6) is -3.06. The van der Waals surface area contributed by atoms with E-state index in [2.05, 4.69) is 13.2 Å². The summed E-state index contributed by atoms with van der Waals surface area (Å²) >= 11 is 6.64. The van der Waals surface area contributed by atoms with Crippen LogP contribution in [-0.2, 0) is 23.9 Å². The number of likely N-dealkylation sites (tertiary alicyclic amines) is 1. The van der Waals surface area contributed by atoms with Crippen LogP contribution in [0.4, 0.5) is 5.69 Å². The minimum Gasteiger partial charge on any atom is -0.465 e. The molecule has 3 aliphatic heterocycles. The van der Waals surface area contributed by atoms with Crippen molar-refractivity contribution in [3.63, 3.8) is 0 Å². The highest BCUT2D eigenvalue weighted by molar-refractivity contribution is 6.34. The van der Waals surface area contributed by atoms with Crippen LogP contribution in [0, 0.1) is 30.6 Å². The van der Waals surface area contributed by atoms with Gasteiger partial charge in [-0.25, -0.2) is 0 Å². The molecule has 0 radical (unpaired) electrons. The molecule has 8 nitrogen and oxygen atoms in total. The lowest BCUT2D eigenvalue weighted by Gasteiger charge is -2.40. The number of hydrogen-bond donors (Lipinski definition) is 1. The zero-order chi connectivity index (χ0) is 30.3. The number of aryl methyl sites for hydroxylation is 1. The highest BCUT2D eigenvalue weighted by Gasteiger charge is 2.80. The van der Waals surface area contributed by atoms with E-state index < -0.39 is 41.1 Å². The van der Waals surface area contributed by atoms with Gasteiger partial charge in [0, 0.05) is 6.54 Å². The fraction of sp³-hybridized carbons (Fsp3) is 0.594. The number of nitrogens with zero attached hydrogens (tertiary/aromatic N) is 2. The molecular formula is C32H43ClN2O6. The van der Waals surface area contributed by atoms with Crippen molar-refractivity contribution in [3.05, 3.63) is 54.1 Å². The molecule has 3 aliphatic rings. The van der Waals surface area contributed by atoms with Crippen molar-refractivity contribution in [3.8, 4) is 0 Å². The van der Waals surface area contributed by atoms with Gasteiger partial charge < -0.3 is 24.4 Å². The van der Waals surface area contributed by atoms with Crippen LogP contribution in [0.5, 0.6) is 0 Å². The van der Waals surface area contributed by atoms with E-state index in [4.69, 9.17) is 21.1 Å². The molecule has 224 valence electrons. The smallest absolute Gasteiger partial charge is 0.312 e. The molecule has 3 heterocycles. The summed E-state index contributed by atoms with van der Waals surface area (Å²) in [6, 6.07) is 3.68. The Morgan fingerprint density at radius 3 is 2.61 bits per heavy atom. The number of hydrogen-bond acceptors (Lipinski definition) is 6. The minimum atomic E-state index is -1.27. The third-order valence-electron chi connectivity index (χ3n) is 9.19. The Labute approximate surface area is 248 Å². The van der Waals surface area contributed by atoms with Crippen LogP contribution in [0.25, 0.3) is 0 Å². The fourth-order valence-corrected chi connectivity index (χ4v) is 7.72. The summed E-state index contributed by atoms with van der Waals surface area (Å²) in [4.78, 5) is 46.0. The van der Waals surface area contributed by atoms with E-state index in [1.807, 2.05) is 46.8 Å². The van der Waals surface area contributed by atoms with Crippen LogP contribution in [0.3, 0.4) is 0 Å². The van der Waals surface area contributed by atoms with Crippen molar-refractivity contribution in [2.45, 2.75) is 77.2 Å². The second-order valence-electron chi connectivity index (χ2n) is 12.3. The third kappa shape index (κ3) is 5.02. The van der Waals surface area contributed by atoms with Gasteiger partial charge >= 0.3 is 5.97 Å². The Balaban J connectivity index is 1.89. The molecule has 41 heavy (non-hydrogen) atoms. The summed E-state index contributed by atoms with van der Waals surface area (Å²) in [7, 11) is 0. The molecule has 7 atom stereocenters. The summed E-state index contributed by atoms with van der Waals surface area (Å²) in [6.07, 6.45) is 4.65. The second kappa shape index (κ2) is 11.9. The van der Waals surface area contributed by atoms with Gasteiger partial charge in [-0.2, -0.15) is 0 Å². The minimum absolute atomic E-state index is 0.133. The molecule has 1 spiro atoms. The normalized spacial score (nSPS) is 30.8. The second-order valence-corrected chi connectivity index (χ2v) is 12.7. The topological polar surface area (TPSA) is 96.4 Å². The van der Waals surface area contributed by atoms with E-state index in [-0.39, 0.29) is 43.4 Å². The molecule has 3 fully saturated rings. The summed E-state index contributed by atoms with van der Waals surface area (Å²) < 4.78 is 12.4. The van der Waals surface area contributed by atoms with Crippen molar-refractivity contribution in [1.29, 1.82) is 0 Å².